The van der Waals surface area contributed by atoms with E-state index in [4.69, 9.17) is 0 Å². The third kappa shape index (κ3) is 3.44. The number of hydrogen-bond acceptors (Lipinski definition) is 6. The lowest BCUT2D eigenvalue weighted by atomic mass is 9.94. The van der Waals surface area contributed by atoms with Crippen LogP contribution in [-0.2, 0) is 16.1 Å². The van der Waals surface area contributed by atoms with Gasteiger partial charge in [-0.05, 0) is 68.3 Å². The molecule has 4 atom stereocenters. The number of carbonyl (C=O) groups excluding carboxylic acids is 4. The van der Waals surface area contributed by atoms with Crippen LogP contribution in [0.5, 0.6) is 0 Å². The second kappa shape index (κ2) is 7.59. The summed E-state index contributed by atoms with van der Waals surface area (Å²) in [6.07, 6.45) is 4.03. The molecule has 30 heavy (non-hydrogen) atoms. The third-order valence-electron chi connectivity index (χ3n) is 6.85. The normalized spacial score (nSPS) is 31.0. The molecule has 0 spiro atoms. The largest absolute Gasteiger partial charge is 0.316 e. The number of nitrogens with one attached hydrogen (secondary N) is 3. The monoisotopic (exact) mass is 410 g/mol. The lowest BCUT2D eigenvalue weighted by Crippen LogP contribution is -2.54. The van der Waals surface area contributed by atoms with Crippen LogP contribution in [0.3, 0.4) is 0 Å². The fourth-order valence-corrected chi connectivity index (χ4v) is 5.09. The molecule has 2 saturated heterocycles. The van der Waals surface area contributed by atoms with Crippen LogP contribution in [0.1, 0.15) is 58.4 Å². The summed E-state index contributed by atoms with van der Waals surface area (Å²) in [5.74, 6) is -0.403. The average molecular weight is 410 g/mol. The van der Waals surface area contributed by atoms with E-state index in [1.54, 1.807) is 12.1 Å². The summed E-state index contributed by atoms with van der Waals surface area (Å²) < 4.78 is 0. The highest BCUT2D eigenvalue weighted by Gasteiger charge is 2.45. The number of fused-ring (bicyclic) bond motifs is 1. The second-order valence-electron chi connectivity index (χ2n) is 8.82. The SMILES string of the molecule is O=C1CCC(N2C(=O)c3ccc(CNC4CC4C4CCCNC4)cc3C2=O)C(=O)N1. The summed E-state index contributed by atoms with van der Waals surface area (Å²) in [5, 5.41) is 9.28. The Hall–Kier alpha value is -2.58. The van der Waals surface area contributed by atoms with E-state index in [0.717, 1.165) is 35.4 Å². The van der Waals surface area contributed by atoms with Crippen molar-refractivity contribution in [2.45, 2.75) is 50.7 Å². The van der Waals surface area contributed by atoms with Gasteiger partial charge in [-0.15, -0.1) is 0 Å². The minimum absolute atomic E-state index is 0.123. The number of carbonyl (C=O) groups is 4. The first-order valence-corrected chi connectivity index (χ1v) is 10.8. The highest BCUT2D eigenvalue weighted by molar-refractivity contribution is 6.23. The Morgan fingerprint density at radius 1 is 1.07 bits per heavy atom. The Bertz CT molecular complexity index is 924. The van der Waals surface area contributed by atoms with E-state index in [-0.39, 0.29) is 18.7 Å². The number of imide groups is 2. The molecule has 1 saturated carbocycles. The summed E-state index contributed by atoms with van der Waals surface area (Å²) in [5.41, 5.74) is 1.62. The molecular weight excluding hydrogens is 384 g/mol. The predicted molar refractivity (Wildman–Crippen MR) is 107 cm³/mol. The quantitative estimate of drug-likeness (QED) is 0.613. The Morgan fingerprint density at radius 2 is 1.90 bits per heavy atom. The smallest absolute Gasteiger partial charge is 0.262 e. The summed E-state index contributed by atoms with van der Waals surface area (Å²) >= 11 is 0. The van der Waals surface area contributed by atoms with Gasteiger partial charge in [0.1, 0.15) is 6.04 Å². The maximum atomic E-state index is 12.9. The molecule has 3 heterocycles. The first-order valence-electron chi connectivity index (χ1n) is 10.8. The summed E-state index contributed by atoms with van der Waals surface area (Å²) in [6.45, 7) is 2.88. The van der Waals surface area contributed by atoms with Gasteiger partial charge in [-0.1, -0.05) is 6.07 Å². The zero-order chi connectivity index (χ0) is 20.8. The van der Waals surface area contributed by atoms with Crippen LogP contribution in [0.4, 0.5) is 0 Å². The zero-order valence-electron chi connectivity index (χ0n) is 16.8. The molecule has 1 aliphatic carbocycles. The Balaban J connectivity index is 1.24. The molecule has 5 rings (SSSR count). The van der Waals surface area contributed by atoms with Crippen molar-refractivity contribution >= 4 is 23.6 Å². The van der Waals surface area contributed by atoms with Gasteiger partial charge in [-0.25, -0.2) is 0 Å². The van der Waals surface area contributed by atoms with E-state index < -0.39 is 23.8 Å². The molecular formula is C22H26N4O4. The van der Waals surface area contributed by atoms with Gasteiger partial charge in [0, 0.05) is 19.0 Å². The van der Waals surface area contributed by atoms with Crippen molar-refractivity contribution in [2.75, 3.05) is 13.1 Å². The third-order valence-corrected chi connectivity index (χ3v) is 6.85. The highest BCUT2D eigenvalue weighted by Crippen LogP contribution is 2.40. The van der Waals surface area contributed by atoms with E-state index in [0.29, 0.717) is 23.7 Å². The number of amides is 4. The number of piperidine rings is 2. The minimum atomic E-state index is -0.923. The van der Waals surface area contributed by atoms with Crippen LogP contribution in [0.2, 0.25) is 0 Å². The number of benzene rings is 1. The molecule has 3 aliphatic heterocycles. The standard InChI is InChI=1S/C22H26N4O4/c27-19-6-5-18(20(28)25-19)26-21(29)14-4-3-12(8-16(14)22(26)30)10-24-17-9-15(17)13-2-1-7-23-11-13/h3-4,8,13,15,17-18,23-24H,1-2,5-7,9-11H2,(H,25,27,28). The van der Waals surface area contributed by atoms with Crippen molar-refractivity contribution < 1.29 is 19.2 Å². The summed E-state index contributed by atoms with van der Waals surface area (Å²) in [4.78, 5) is 50.2. The van der Waals surface area contributed by atoms with Crippen LogP contribution in [0.15, 0.2) is 18.2 Å². The number of nitrogens with zero attached hydrogens (tertiary/aromatic N) is 1. The van der Waals surface area contributed by atoms with Gasteiger partial charge in [0.05, 0.1) is 11.1 Å². The topological polar surface area (TPSA) is 108 Å². The molecule has 158 valence electrons. The lowest BCUT2D eigenvalue weighted by molar-refractivity contribution is -0.136. The first kappa shape index (κ1) is 19.4. The maximum absolute atomic E-state index is 12.9. The van der Waals surface area contributed by atoms with Crippen LogP contribution in [-0.4, -0.2) is 53.7 Å². The van der Waals surface area contributed by atoms with Gasteiger partial charge in [0.15, 0.2) is 0 Å². The highest BCUT2D eigenvalue weighted by atomic mass is 16.2. The molecule has 3 N–H and O–H groups in total. The number of rotatable bonds is 5. The van der Waals surface area contributed by atoms with Crippen molar-refractivity contribution in [3.8, 4) is 0 Å². The first-order chi connectivity index (χ1) is 14.5. The lowest BCUT2D eigenvalue weighted by Gasteiger charge is -2.27. The molecule has 1 aromatic carbocycles. The Morgan fingerprint density at radius 3 is 2.67 bits per heavy atom. The van der Waals surface area contributed by atoms with Gasteiger partial charge in [-0.2, -0.15) is 0 Å². The van der Waals surface area contributed by atoms with Crippen molar-refractivity contribution in [3.63, 3.8) is 0 Å². The van der Waals surface area contributed by atoms with Gasteiger partial charge in [0.2, 0.25) is 11.8 Å². The fourth-order valence-electron chi connectivity index (χ4n) is 5.09. The predicted octanol–water partition coefficient (Wildman–Crippen LogP) is 0.566. The molecule has 0 radical (unpaired) electrons. The molecule has 3 fully saturated rings. The Labute approximate surface area is 174 Å². The minimum Gasteiger partial charge on any atom is -0.316 e. The van der Waals surface area contributed by atoms with Crippen molar-refractivity contribution in [3.05, 3.63) is 34.9 Å². The molecule has 4 amide bonds. The summed E-state index contributed by atoms with van der Waals surface area (Å²) in [6, 6.07) is 4.89. The molecule has 4 aliphatic rings. The van der Waals surface area contributed by atoms with Gasteiger partial charge in [0.25, 0.3) is 11.8 Å². The van der Waals surface area contributed by atoms with E-state index >= 15 is 0 Å². The van der Waals surface area contributed by atoms with Crippen LogP contribution in [0, 0.1) is 11.8 Å². The molecule has 8 nitrogen and oxygen atoms in total. The van der Waals surface area contributed by atoms with Gasteiger partial charge >= 0.3 is 0 Å². The van der Waals surface area contributed by atoms with Crippen LogP contribution < -0.4 is 16.0 Å². The zero-order valence-corrected chi connectivity index (χ0v) is 16.8. The average Bonchev–Trinajstić information content (AvgIpc) is 3.49. The van der Waals surface area contributed by atoms with Crippen molar-refractivity contribution in [1.82, 2.24) is 20.9 Å². The molecule has 4 unspecified atom stereocenters. The van der Waals surface area contributed by atoms with E-state index in [9.17, 15) is 19.2 Å². The summed E-state index contributed by atoms with van der Waals surface area (Å²) in [7, 11) is 0. The van der Waals surface area contributed by atoms with Gasteiger partial charge < -0.3 is 10.6 Å². The van der Waals surface area contributed by atoms with E-state index in [2.05, 4.69) is 16.0 Å². The van der Waals surface area contributed by atoms with Crippen molar-refractivity contribution in [2.24, 2.45) is 11.8 Å². The maximum Gasteiger partial charge on any atom is 0.262 e. The van der Waals surface area contributed by atoms with E-state index in [1.165, 1.54) is 19.3 Å². The van der Waals surface area contributed by atoms with Crippen LogP contribution in [0.25, 0.3) is 0 Å². The van der Waals surface area contributed by atoms with Gasteiger partial charge in [-0.3, -0.25) is 29.4 Å². The molecule has 1 aromatic rings. The number of hydrogen-bond donors (Lipinski definition) is 3. The molecule has 0 aromatic heterocycles. The Kier molecular flexibility index (Phi) is 4.91. The van der Waals surface area contributed by atoms with E-state index in [1.807, 2.05) is 6.07 Å². The molecule has 8 heteroatoms. The molecule has 0 bridgehead atoms. The van der Waals surface area contributed by atoms with Crippen molar-refractivity contribution in [1.29, 1.82) is 0 Å². The fraction of sp³-hybridized carbons (Fsp3) is 0.545. The van der Waals surface area contributed by atoms with Crippen LogP contribution >= 0.6 is 0 Å². The second-order valence-corrected chi connectivity index (χ2v) is 8.82.